The van der Waals surface area contributed by atoms with E-state index < -0.39 is 4.92 Å². The molecule has 0 bridgehead atoms. The van der Waals surface area contributed by atoms with Crippen LogP contribution in [0.3, 0.4) is 0 Å². The number of nitrogens with zero attached hydrogens (tertiary/aromatic N) is 1. The minimum atomic E-state index is -0.464. The third kappa shape index (κ3) is 4.53. The van der Waals surface area contributed by atoms with Gasteiger partial charge < -0.3 is 10.4 Å². The molecule has 0 saturated heterocycles. The largest absolute Gasteiger partial charge is 0.396 e. The van der Waals surface area contributed by atoms with E-state index >= 15 is 0 Å². The number of benzene rings is 1. The van der Waals surface area contributed by atoms with E-state index in [4.69, 9.17) is 0 Å². The number of non-ortho nitro benzene ring substituents is 1. The fraction of sp³-hybridized carbons (Fsp3) is 0.562. The number of rotatable bonds is 5. The van der Waals surface area contributed by atoms with Crippen LogP contribution in [-0.4, -0.2) is 28.6 Å². The minimum absolute atomic E-state index is 0.00121. The number of nitro benzene ring substituents is 1. The molecule has 120 valence electrons. The van der Waals surface area contributed by atoms with Gasteiger partial charge in [-0.05, 0) is 18.4 Å². The molecule has 1 saturated carbocycles. The molecule has 1 aromatic carbocycles. The monoisotopic (exact) mass is 306 g/mol. The van der Waals surface area contributed by atoms with Crippen molar-refractivity contribution in [1.29, 1.82) is 0 Å². The van der Waals surface area contributed by atoms with Gasteiger partial charge in [0.2, 0.25) is 5.91 Å². The molecule has 2 N–H and O–H groups in total. The third-order valence-electron chi connectivity index (χ3n) is 4.23. The van der Waals surface area contributed by atoms with Crippen molar-refractivity contribution in [2.75, 3.05) is 6.61 Å². The zero-order chi connectivity index (χ0) is 15.9. The Hall–Kier alpha value is -1.95. The van der Waals surface area contributed by atoms with Crippen LogP contribution in [0.1, 0.15) is 37.7 Å². The summed E-state index contributed by atoms with van der Waals surface area (Å²) in [6, 6.07) is 6.13. The van der Waals surface area contributed by atoms with E-state index in [1.807, 2.05) is 0 Å². The van der Waals surface area contributed by atoms with Gasteiger partial charge in [0.1, 0.15) is 0 Å². The highest BCUT2D eigenvalue weighted by Gasteiger charge is 2.24. The summed E-state index contributed by atoms with van der Waals surface area (Å²) in [6.07, 6.45) is 5.20. The summed E-state index contributed by atoms with van der Waals surface area (Å²) >= 11 is 0. The molecule has 2 atom stereocenters. The summed E-state index contributed by atoms with van der Waals surface area (Å²) in [6.45, 7) is 0.0851. The third-order valence-corrected chi connectivity index (χ3v) is 4.23. The van der Waals surface area contributed by atoms with Gasteiger partial charge in [0.15, 0.2) is 0 Å². The van der Waals surface area contributed by atoms with E-state index in [0.717, 1.165) is 32.1 Å². The first kappa shape index (κ1) is 16.4. The number of amides is 1. The van der Waals surface area contributed by atoms with Gasteiger partial charge in [-0.3, -0.25) is 14.9 Å². The number of hydrogen-bond acceptors (Lipinski definition) is 4. The molecule has 1 fully saturated rings. The lowest BCUT2D eigenvalue weighted by Gasteiger charge is -2.24. The van der Waals surface area contributed by atoms with Crippen molar-refractivity contribution in [1.82, 2.24) is 5.32 Å². The molecule has 0 aliphatic heterocycles. The predicted molar refractivity (Wildman–Crippen MR) is 82.4 cm³/mol. The van der Waals surface area contributed by atoms with Gasteiger partial charge in [0.25, 0.3) is 5.69 Å². The van der Waals surface area contributed by atoms with Gasteiger partial charge in [-0.25, -0.2) is 0 Å². The highest BCUT2D eigenvalue weighted by atomic mass is 16.6. The number of hydrogen-bond donors (Lipinski definition) is 2. The first-order valence-corrected chi connectivity index (χ1v) is 7.73. The molecule has 2 unspecified atom stereocenters. The molecule has 0 heterocycles. The highest BCUT2D eigenvalue weighted by molar-refractivity contribution is 5.79. The van der Waals surface area contributed by atoms with Crippen molar-refractivity contribution in [3.05, 3.63) is 39.9 Å². The van der Waals surface area contributed by atoms with Gasteiger partial charge in [0, 0.05) is 30.7 Å². The van der Waals surface area contributed by atoms with E-state index in [1.165, 1.54) is 12.1 Å². The molecule has 0 radical (unpaired) electrons. The standard InChI is InChI=1S/C16H22N2O4/c19-11-13-6-2-1-3-8-15(13)17-16(20)10-12-5-4-7-14(9-12)18(21)22/h4-5,7,9,13,15,19H,1-3,6,8,10-11H2,(H,17,20). The minimum Gasteiger partial charge on any atom is -0.396 e. The number of carbonyl (C=O) groups excluding carboxylic acids is 1. The Bertz CT molecular complexity index is 533. The van der Waals surface area contributed by atoms with E-state index in [9.17, 15) is 20.0 Å². The maximum absolute atomic E-state index is 12.2. The molecule has 6 heteroatoms. The van der Waals surface area contributed by atoms with Crippen molar-refractivity contribution in [3.8, 4) is 0 Å². The summed E-state index contributed by atoms with van der Waals surface area (Å²) in [5, 5.41) is 23.2. The molecule has 1 aliphatic rings. The van der Waals surface area contributed by atoms with E-state index in [-0.39, 0.29) is 36.6 Å². The molecule has 1 amide bonds. The molecular formula is C16H22N2O4. The Labute approximate surface area is 129 Å². The summed E-state index contributed by atoms with van der Waals surface area (Å²) in [4.78, 5) is 22.5. The van der Waals surface area contributed by atoms with Crippen molar-refractivity contribution in [2.45, 2.75) is 44.6 Å². The SMILES string of the molecule is O=C(Cc1cccc([N+](=O)[O-])c1)NC1CCCCCC1CO. The van der Waals surface area contributed by atoms with E-state index in [2.05, 4.69) is 5.32 Å². The second-order valence-electron chi connectivity index (χ2n) is 5.86. The van der Waals surface area contributed by atoms with Crippen LogP contribution >= 0.6 is 0 Å². The maximum atomic E-state index is 12.2. The smallest absolute Gasteiger partial charge is 0.269 e. The summed E-state index contributed by atoms with van der Waals surface area (Å²) < 4.78 is 0. The molecule has 1 aliphatic carbocycles. The summed E-state index contributed by atoms with van der Waals surface area (Å²) in [5.74, 6) is -0.0394. The topological polar surface area (TPSA) is 92.5 Å². The zero-order valence-corrected chi connectivity index (χ0v) is 12.5. The number of nitro groups is 1. The van der Waals surface area contributed by atoms with Gasteiger partial charge in [-0.2, -0.15) is 0 Å². The van der Waals surface area contributed by atoms with Crippen LogP contribution in [0.15, 0.2) is 24.3 Å². The Morgan fingerprint density at radius 1 is 1.32 bits per heavy atom. The normalized spacial score (nSPS) is 21.9. The predicted octanol–water partition coefficient (Wildman–Crippen LogP) is 2.19. The fourth-order valence-electron chi connectivity index (χ4n) is 3.02. The Balaban J connectivity index is 1.96. The Kier molecular flexibility index (Phi) is 5.89. The second kappa shape index (κ2) is 7.89. The van der Waals surface area contributed by atoms with Crippen LogP contribution in [0, 0.1) is 16.0 Å². The first-order chi connectivity index (χ1) is 10.6. The van der Waals surface area contributed by atoms with Crippen LogP contribution in [0.2, 0.25) is 0 Å². The molecule has 1 aromatic rings. The quantitative estimate of drug-likeness (QED) is 0.495. The lowest BCUT2D eigenvalue weighted by atomic mass is 9.95. The summed E-state index contributed by atoms with van der Waals surface area (Å²) in [5.41, 5.74) is 0.619. The highest BCUT2D eigenvalue weighted by Crippen LogP contribution is 2.23. The Morgan fingerprint density at radius 2 is 2.09 bits per heavy atom. The van der Waals surface area contributed by atoms with Crippen molar-refractivity contribution in [2.24, 2.45) is 5.92 Å². The van der Waals surface area contributed by atoms with Gasteiger partial charge in [0.05, 0.1) is 11.3 Å². The summed E-state index contributed by atoms with van der Waals surface area (Å²) in [7, 11) is 0. The molecule has 2 rings (SSSR count). The molecule has 0 aromatic heterocycles. The molecule has 6 nitrogen and oxygen atoms in total. The lowest BCUT2D eigenvalue weighted by Crippen LogP contribution is -2.41. The lowest BCUT2D eigenvalue weighted by molar-refractivity contribution is -0.384. The zero-order valence-electron chi connectivity index (χ0n) is 12.5. The van der Waals surface area contributed by atoms with Gasteiger partial charge in [-0.1, -0.05) is 31.4 Å². The number of aliphatic hydroxyl groups is 1. The molecule has 0 spiro atoms. The van der Waals surface area contributed by atoms with Crippen LogP contribution < -0.4 is 5.32 Å². The second-order valence-corrected chi connectivity index (χ2v) is 5.86. The molecular weight excluding hydrogens is 284 g/mol. The number of aliphatic hydroxyl groups excluding tert-OH is 1. The fourth-order valence-corrected chi connectivity index (χ4v) is 3.02. The number of carbonyl (C=O) groups is 1. The first-order valence-electron chi connectivity index (χ1n) is 7.73. The van der Waals surface area contributed by atoms with Crippen molar-refractivity contribution < 1.29 is 14.8 Å². The van der Waals surface area contributed by atoms with E-state index in [1.54, 1.807) is 12.1 Å². The number of nitrogens with one attached hydrogen (secondary N) is 1. The van der Waals surface area contributed by atoms with Gasteiger partial charge >= 0.3 is 0 Å². The maximum Gasteiger partial charge on any atom is 0.269 e. The van der Waals surface area contributed by atoms with Crippen LogP contribution in [0.4, 0.5) is 5.69 Å². The van der Waals surface area contributed by atoms with Crippen LogP contribution in [0.5, 0.6) is 0 Å². The van der Waals surface area contributed by atoms with Gasteiger partial charge in [-0.15, -0.1) is 0 Å². The van der Waals surface area contributed by atoms with Crippen LogP contribution in [0.25, 0.3) is 0 Å². The van der Waals surface area contributed by atoms with Crippen molar-refractivity contribution in [3.63, 3.8) is 0 Å². The van der Waals surface area contributed by atoms with Crippen molar-refractivity contribution >= 4 is 11.6 Å². The van der Waals surface area contributed by atoms with Crippen LogP contribution in [-0.2, 0) is 11.2 Å². The Morgan fingerprint density at radius 3 is 2.82 bits per heavy atom. The average molecular weight is 306 g/mol. The molecule has 22 heavy (non-hydrogen) atoms. The van der Waals surface area contributed by atoms with E-state index in [0.29, 0.717) is 5.56 Å². The average Bonchev–Trinajstić information content (AvgIpc) is 2.72.